The topological polar surface area (TPSA) is 124 Å². The van der Waals surface area contributed by atoms with E-state index >= 15 is 0 Å². The quantitative estimate of drug-likeness (QED) is 0.311. The Morgan fingerprint density at radius 3 is 1.98 bits per heavy atom. The van der Waals surface area contributed by atoms with E-state index in [9.17, 15) is 14.4 Å². The number of rotatable bonds is 8. The van der Waals surface area contributed by atoms with Crippen LogP contribution >= 0.6 is 11.8 Å². The van der Waals surface area contributed by atoms with Gasteiger partial charge in [-0.25, -0.2) is 9.88 Å². The Labute approximate surface area is 234 Å². The maximum absolute atomic E-state index is 13.3. The molecule has 1 atom stereocenters. The molecule has 0 aliphatic carbocycles. The predicted molar refractivity (Wildman–Crippen MR) is 151 cm³/mol. The lowest BCUT2D eigenvalue weighted by molar-refractivity contribution is -0.121. The zero-order valence-electron chi connectivity index (χ0n) is 22.0. The van der Waals surface area contributed by atoms with Gasteiger partial charge in [0, 0.05) is 30.2 Å². The molecule has 1 N–H and O–H groups in total. The SMILES string of the molecule is COc1ccc(-c2nnc(SC3CC(=O)N(c4ccc(NC(C)=O)cc4)C3=O)nc2-c2ccc(OC)cc2)cc1. The molecule has 3 amide bonds. The van der Waals surface area contributed by atoms with Crippen molar-refractivity contribution in [3.8, 4) is 34.0 Å². The number of methoxy groups -OCH3 is 2. The number of imide groups is 1. The van der Waals surface area contributed by atoms with Crippen LogP contribution in [0, 0.1) is 0 Å². The van der Waals surface area contributed by atoms with Gasteiger partial charge in [-0.1, -0.05) is 11.8 Å². The van der Waals surface area contributed by atoms with E-state index in [1.54, 1.807) is 38.5 Å². The van der Waals surface area contributed by atoms with E-state index in [1.807, 2.05) is 48.5 Å². The first-order chi connectivity index (χ1) is 19.4. The first kappa shape index (κ1) is 26.8. The lowest BCUT2D eigenvalue weighted by Gasteiger charge is -2.15. The maximum Gasteiger partial charge on any atom is 0.247 e. The van der Waals surface area contributed by atoms with E-state index < -0.39 is 5.25 Å². The van der Waals surface area contributed by atoms with Crippen LogP contribution in [0.15, 0.2) is 78.0 Å². The lowest BCUT2D eigenvalue weighted by Crippen LogP contribution is -2.31. The molecule has 0 saturated carbocycles. The minimum Gasteiger partial charge on any atom is -0.497 e. The van der Waals surface area contributed by atoms with Crippen molar-refractivity contribution in [1.29, 1.82) is 0 Å². The number of hydrogen-bond acceptors (Lipinski definition) is 9. The second kappa shape index (κ2) is 11.5. The van der Waals surface area contributed by atoms with Crippen molar-refractivity contribution in [1.82, 2.24) is 15.2 Å². The van der Waals surface area contributed by atoms with Crippen LogP contribution in [0.1, 0.15) is 13.3 Å². The molecule has 1 fully saturated rings. The zero-order chi connectivity index (χ0) is 28.2. The number of thioether (sulfide) groups is 1. The van der Waals surface area contributed by atoms with Crippen LogP contribution in [0.3, 0.4) is 0 Å². The van der Waals surface area contributed by atoms with Crippen LogP contribution in [-0.4, -0.2) is 52.4 Å². The number of aromatic nitrogens is 3. The average molecular weight is 556 g/mol. The largest absolute Gasteiger partial charge is 0.497 e. The van der Waals surface area contributed by atoms with Crippen LogP contribution in [0.5, 0.6) is 11.5 Å². The Bertz CT molecular complexity index is 1560. The van der Waals surface area contributed by atoms with Gasteiger partial charge in [-0.3, -0.25) is 14.4 Å². The summed E-state index contributed by atoms with van der Waals surface area (Å²) in [6.07, 6.45) is -0.00158. The lowest BCUT2D eigenvalue weighted by atomic mass is 10.0. The van der Waals surface area contributed by atoms with E-state index in [0.29, 0.717) is 34.3 Å². The smallest absolute Gasteiger partial charge is 0.247 e. The number of carbonyl (C=O) groups excluding carboxylic acids is 3. The molecule has 1 aliphatic heterocycles. The van der Waals surface area contributed by atoms with E-state index in [1.165, 1.54) is 6.92 Å². The van der Waals surface area contributed by atoms with Gasteiger partial charge >= 0.3 is 0 Å². The first-order valence-corrected chi connectivity index (χ1v) is 13.2. The summed E-state index contributed by atoms with van der Waals surface area (Å²) in [6.45, 7) is 1.41. The van der Waals surface area contributed by atoms with Crippen LogP contribution in [0.25, 0.3) is 22.5 Å². The molecular formula is C29H25N5O5S. The zero-order valence-corrected chi connectivity index (χ0v) is 22.8. The Balaban J connectivity index is 1.43. The maximum atomic E-state index is 13.3. The number of amides is 3. The average Bonchev–Trinajstić information content (AvgIpc) is 3.25. The van der Waals surface area contributed by atoms with E-state index in [-0.39, 0.29) is 29.3 Å². The van der Waals surface area contributed by atoms with Gasteiger partial charge < -0.3 is 14.8 Å². The molecule has 1 aromatic heterocycles. The molecule has 202 valence electrons. The monoisotopic (exact) mass is 555 g/mol. The fourth-order valence-corrected chi connectivity index (χ4v) is 5.16. The van der Waals surface area contributed by atoms with Crippen LogP contribution in [0.2, 0.25) is 0 Å². The summed E-state index contributed by atoms with van der Waals surface area (Å²) in [5.74, 6) is 0.510. The first-order valence-electron chi connectivity index (χ1n) is 12.3. The molecule has 5 rings (SSSR count). The van der Waals surface area contributed by atoms with Gasteiger partial charge in [0.05, 0.1) is 19.9 Å². The molecule has 10 nitrogen and oxygen atoms in total. The highest BCUT2D eigenvalue weighted by Gasteiger charge is 2.41. The van der Waals surface area contributed by atoms with E-state index in [0.717, 1.165) is 27.8 Å². The molecule has 0 radical (unpaired) electrons. The van der Waals surface area contributed by atoms with Gasteiger partial charge in [-0.15, -0.1) is 10.2 Å². The number of nitrogens with zero attached hydrogens (tertiary/aromatic N) is 4. The number of nitrogens with one attached hydrogen (secondary N) is 1. The second-order valence-electron chi connectivity index (χ2n) is 8.85. The summed E-state index contributed by atoms with van der Waals surface area (Å²) in [5, 5.41) is 11.0. The Kier molecular flexibility index (Phi) is 7.74. The second-order valence-corrected chi connectivity index (χ2v) is 10.0. The van der Waals surface area contributed by atoms with Crippen molar-refractivity contribution in [2.24, 2.45) is 0 Å². The van der Waals surface area contributed by atoms with Crippen LogP contribution in [0.4, 0.5) is 11.4 Å². The van der Waals surface area contributed by atoms with Crippen molar-refractivity contribution in [2.45, 2.75) is 23.8 Å². The predicted octanol–water partition coefficient (Wildman–Crippen LogP) is 4.61. The number of hydrogen-bond donors (Lipinski definition) is 1. The third kappa shape index (κ3) is 5.64. The van der Waals surface area contributed by atoms with Crippen molar-refractivity contribution in [3.05, 3.63) is 72.8 Å². The summed E-state index contributed by atoms with van der Waals surface area (Å²) in [7, 11) is 3.20. The number of anilines is 2. The van der Waals surface area contributed by atoms with Crippen molar-refractivity contribution in [3.63, 3.8) is 0 Å². The Hall–Kier alpha value is -4.77. The molecule has 1 saturated heterocycles. The van der Waals surface area contributed by atoms with E-state index in [2.05, 4.69) is 15.5 Å². The summed E-state index contributed by atoms with van der Waals surface area (Å²) < 4.78 is 10.6. The summed E-state index contributed by atoms with van der Waals surface area (Å²) in [6, 6.07) is 21.4. The minimum absolute atomic E-state index is 0.00158. The Morgan fingerprint density at radius 2 is 1.43 bits per heavy atom. The molecule has 1 unspecified atom stereocenters. The molecular weight excluding hydrogens is 530 g/mol. The molecule has 40 heavy (non-hydrogen) atoms. The number of ether oxygens (including phenoxy) is 2. The summed E-state index contributed by atoms with van der Waals surface area (Å²) >= 11 is 1.10. The fourth-order valence-electron chi connectivity index (χ4n) is 4.25. The van der Waals surface area contributed by atoms with Crippen molar-refractivity contribution >= 4 is 40.9 Å². The number of benzene rings is 3. The van der Waals surface area contributed by atoms with Gasteiger partial charge in [0.1, 0.15) is 28.1 Å². The molecule has 11 heteroatoms. The van der Waals surface area contributed by atoms with Gasteiger partial charge in [-0.2, -0.15) is 0 Å². The number of carbonyl (C=O) groups is 3. The fraction of sp³-hybridized carbons (Fsp3) is 0.172. The van der Waals surface area contributed by atoms with Gasteiger partial charge in [-0.05, 0) is 72.8 Å². The molecule has 2 heterocycles. The molecule has 0 spiro atoms. The van der Waals surface area contributed by atoms with Gasteiger partial charge in [0.25, 0.3) is 0 Å². The normalized spacial score (nSPS) is 14.8. The third-order valence-corrected chi connectivity index (χ3v) is 7.23. The van der Waals surface area contributed by atoms with Gasteiger partial charge in [0.15, 0.2) is 0 Å². The molecule has 3 aromatic carbocycles. The van der Waals surface area contributed by atoms with Gasteiger partial charge in [0.2, 0.25) is 22.9 Å². The standard InChI is InChI=1S/C29H25N5O5S/c1-17(35)30-20-8-10-21(11-9-20)34-25(36)16-24(28(34)37)40-29-31-26(18-4-12-22(38-2)13-5-18)27(32-33-29)19-6-14-23(39-3)15-7-19/h4-15,24H,16H2,1-3H3,(H,30,35). The van der Waals surface area contributed by atoms with Crippen LogP contribution in [-0.2, 0) is 14.4 Å². The highest BCUT2D eigenvalue weighted by molar-refractivity contribution is 8.00. The molecule has 0 bridgehead atoms. The third-order valence-electron chi connectivity index (χ3n) is 6.19. The van der Waals surface area contributed by atoms with Crippen LogP contribution < -0.4 is 19.7 Å². The minimum atomic E-state index is -0.708. The highest BCUT2D eigenvalue weighted by atomic mass is 32.2. The Morgan fingerprint density at radius 1 is 0.850 bits per heavy atom. The molecule has 4 aromatic rings. The highest BCUT2D eigenvalue weighted by Crippen LogP contribution is 2.36. The molecule has 1 aliphatic rings. The van der Waals surface area contributed by atoms with E-state index in [4.69, 9.17) is 14.5 Å². The summed E-state index contributed by atoms with van der Waals surface area (Å²) in [4.78, 5) is 43.3. The summed E-state index contributed by atoms with van der Waals surface area (Å²) in [5.41, 5.74) is 3.73. The van der Waals surface area contributed by atoms with Crippen molar-refractivity contribution < 1.29 is 23.9 Å². The van der Waals surface area contributed by atoms with Crippen molar-refractivity contribution in [2.75, 3.05) is 24.4 Å².